The molecule has 0 saturated heterocycles. The molecular formula is C19H25NO. The van der Waals surface area contributed by atoms with Gasteiger partial charge in [-0.3, -0.25) is 4.79 Å². The number of amides is 1. The zero-order chi connectivity index (χ0) is 15.1. The second kappa shape index (κ2) is 7.82. The molecule has 0 fully saturated rings. The summed E-state index contributed by atoms with van der Waals surface area (Å²) in [5, 5.41) is 5.57. The van der Waals surface area contributed by atoms with Crippen LogP contribution in [0.2, 0.25) is 0 Å². The van der Waals surface area contributed by atoms with Gasteiger partial charge in [0.05, 0.1) is 6.04 Å². The van der Waals surface area contributed by atoms with Crippen LogP contribution in [-0.2, 0) is 4.79 Å². The van der Waals surface area contributed by atoms with E-state index < -0.39 is 0 Å². The lowest BCUT2D eigenvalue weighted by molar-refractivity contribution is -0.121. The Morgan fingerprint density at radius 3 is 2.62 bits per heavy atom. The predicted octanol–water partition coefficient (Wildman–Crippen LogP) is 4.99. The smallest absolute Gasteiger partial charge is 0.220 e. The second-order valence-electron chi connectivity index (χ2n) is 5.67. The molecule has 0 aliphatic carbocycles. The SMILES string of the molecule is CCCCCCC(=O)N[C@@H](C)c1cccc2ccccc12. The number of carbonyl (C=O) groups is 1. The van der Waals surface area contributed by atoms with Gasteiger partial charge in [-0.25, -0.2) is 0 Å². The molecule has 0 aliphatic heterocycles. The molecule has 1 N–H and O–H groups in total. The molecule has 0 saturated carbocycles. The molecule has 0 bridgehead atoms. The van der Waals surface area contributed by atoms with E-state index >= 15 is 0 Å². The second-order valence-corrected chi connectivity index (χ2v) is 5.67. The minimum absolute atomic E-state index is 0.0507. The molecule has 0 radical (unpaired) electrons. The van der Waals surface area contributed by atoms with Gasteiger partial charge in [0.2, 0.25) is 5.91 Å². The van der Waals surface area contributed by atoms with Crippen LogP contribution in [0.15, 0.2) is 42.5 Å². The molecule has 1 atom stereocenters. The number of hydrogen-bond acceptors (Lipinski definition) is 1. The van der Waals surface area contributed by atoms with Gasteiger partial charge in [-0.1, -0.05) is 68.7 Å². The quantitative estimate of drug-likeness (QED) is 0.713. The van der Waals surface area contributed by atoms with Crippen molar-refractivity contribution in [2.45, 2.75) is 52.0 Å². The van der Waals surface area contributed by atoms with E-state index in [1.165, 1.54) is 29.2 Å². The standard InChI is InChI=1S/C19H25NO/c1-3-4-5-6-14-19(21)20-15(2)17-13-9-11-16-10-7-8-12-18(16)17/h7-13,15H,3-6,14H2,1-2H3,(H,20,21)/t15-/m0/s1. The Bertz CT molecular complexity index is 586. The molecule has 0 aliphatic rings. The van der Waals surface area contributed by atoms with Crippen LogP contribution in [0.4, 0.5) is 0 Å². The van der Waals surface area contributed by atoms with E-state index in [9.17, 15) is 4.79 Å². The number of carbonyl (C=O) groups excluding carboxylic acids is 1. The van der Waals surface area contributed by atoms with Crippen LogP contribution in [0.3, 0.4) is 0 Å². The zero-order valence-corrected chi connectivity index (χ0v) is 13.1. The number of unbranched alkanes of at least 4 members (excludes halogenated alkanes) is 3. The molecule has 2 nitrogen and oxygen atoms in total. The maximum Gasteiger partial charge on any atom is 0.220 e. The topological polar surface area (TPSA) is 29.1 Å². The van der Waals surface area contributed by atoms with E-state index in [1.54, 1.807) is 0 Å². The minimum Gasteiger partial charge on any atom is -0.350 e. The first-order valence-corrected chi connectivity index (χ1v) is 7.99. The summed E-state index contributed by atoms with van der Waals surface area (Å²) in [5.74, 6) is 0.159. The fraction of sp³-hybridized carbons (Fsp3) is 0.421. The number of benzene rings is 2. The fourth-order valence-electron chi connectivity index (χ4n) is 2.73. The van der Waals surface area contributed by atoms with Crippen molar-refractivity contribution in [2.24, 2.45) is 0 Å². The van der Waals surface area contributed by atoms with Crippen LogP contribution >= 0.6 is 0 Å². The Labute approximate surface area is 127 Å². The van der Waals surface area contributed by atoms with E-state index in [4.69, 9.17) is 0 Å². The molecule has 0 unspecified atom stereocenters. The van der Waals surface area contributed by atoms with E-state index in [-0.39, 0.29) is 11.9 Å². The average Bonchev–Trinajstić information content (AvgIpc) is 2.51. The molecule has 2 rings (SSSR count). The molecule has 0 spiro atoms. The number of fused-ring (bicyclic) bond motifs is 1. The van der Waals surface area contributed by atoms with Crippen molar-refractivity contribution in [3.05, 3.63) is 48.0 Å². The van der Waals surface area contributed by atoms with E-state index in [2.05, 4.69) is 49.5 Å². The van der Waals surface area contributed by atoms with Crippen molar-refractivity contribution in [1.82, 2.24) is 5.32 Å². The highest BCUT2D eigenvalue weighted by molar-refractivity contribution is 5.86. The fourth-order valence-corrected chi connectivity index (χ4v) is 2.73. The van der Waals surface area contributed by atoms with E-state index in [0.717, 1.165) is 12.8 Å². The van der Waals surface area contributed by atoms with Gasteiger partial charge in [-0.2, -0.15) is 0 Å². The highest BCUT2D eigenvalue weighted by Crippen LogP contribution is 2.24. The van der Waals surface area contributed by atoms with Crippen molar-refractivity contribution in [2.75, 3.05) is 0 Å². The summed E-state index contributed by atoms with van der Waals surface area (Å²) in [4.78, 5) is 12.0. The van der Waals surface area contributed by atoms with Crippen LogP contribution in [0.5, 0.6) is 0 Å². The lowest BCUT2D eigenvalue weighted by Gasteiger charge is -2.16. The first kappa shape index (κ1) is 15.6. The molecule has 21 heavy (non-hydrogen) atoms. The van der Waals surface area contributed by atoms with Gasteiger partial charge >= 0.3 is 0 Å². The van der Waals surface area contributed by atoms with Gasteiger partial charge in [-0.05, 0) is 29.7 Å². The van der Waals surface area contributed by atoms with Gasteiger partial charge in [0.1, 0.15) is 0 Å². The number of hydrogen-bond donors (Lipinski definition) is 1. The monoisotopic (exact) mass is 283 g/mol. The predicted molar refractivity (Wildman–Crippen MR) is 89.3 cm³/mol. The van der Waals surface area contributed by atoms with Gasteiger partial charge in [0.15, 0.2) is 0 Å². The largest absolute Gasteiger partial charge is 0.350 e. The average molecular weight is 283 g/mol. The summed E-state index contributed by atoms with van der Waals surface area (Å²) in [6.07, 6.45) is 5.18. The summed E-state index contributed by atoms with van der Waals surface area (Å²) in [5.41, 5.74) is 1.19. The van der Waals surface area contributed by atoms with Crippen molar-refractivity contribution < 1.29 is 4.79 Å². The highest BCUT2D eigenvalue weighted by Gasteiger charge is 2.11. The Hall–Kier alpha value is -1.83. The molecule has 2 aromatic carbocycles. The van der Waals surface area contributed by atoms with Gasteiger partial charge in [-0.15, -0.1) is 0 Å². The first-order chi connectivity index (χ1) is 10.2. The summed E-state index contributed by atoms with van der Waals surface area (Å²) in [7, 11) is 0. The summed E-state index contributed by atoms with van der Waals surface area (Å²) in [6.45, 7) is 4.24. The Kier molecular flexibility index (Phi) is 5.79. The Morgan fingerprint density at radius 2 is 1.81 bits per heavy atom. The molecule has 2 aromatic rings. The minimum atomic E-state index is 0.0507. The number of rotatable bonds is 7. The third-order valence-corrected chi connectivity index (χ3v) is 3.92. The maximum absolute atomic E-state index is 12.0. The van der Waals surface area contributed by atoms with Crippen molar-refractivity contribution in [1.29, 1.82) is 0 Å². The molecule has 0 heterocycles. The zero-order valence-electron chi connectivity index (χ0n) is 13.1. The van der Waals surface area contributed by atoms with E-state index in [0.29, 0.717) is 6.42 Å². The van der Waals surface area contributed by atoms with Crippen LogP contribution in [0.1, 0.15) is 57.6 Å². The van der Waals surface area contributed by atoms with Gasteiger partial charge < -0.3 is 5.32 Å². The van der Waals surface area contributed by atoms with Gasteiger partial charge in [0.25, 0.3) is 0 Å². The lowest BCUT2D eigenvalue weighted by Crippen LogP contribution is -2.26. The first-order valence-electron chi connectivity index (χ1n) is 7.99. The molecule has 112 valence electrons. The molecule has 2 heteroatoms. The summed E-state index contributed by atoms with van der Waals surface area (Å²) < 4.78 is 0. The summed E-state index contributed by atoms with van der Waals surface area (Å²) in [6, 6.07) is 14.6. The molecular weight excluding hydrogens is 258 g/mol. The number of nitrogens with one attached hydrogen (secondary N) is 1. The Morgan fingerprint density at radius 1 is 1.05 bits per heavy atom. The van der Waals surface area contributed by atoms with Crippen molar-refractivity contribution >= 4 is 16.7 Å². The van der Waals surface area contributed by atoms with Crippen LogP contribution in [0, 0.1) is 0 Å². The molecule has 1 amide bonds. The third kappa shape index (κ3) is 4.32. The lowest BCUT2D eigenvalue weighted by atomic mass is 9.99. The van der Waals surface area contributed by atoms with Crippen molar-refractivity contribution in [3.63, 3.8) is 0 Å². The van der Waals surface area contributed by atoms with E-state index in [1.807, 2.05) is 12.1 Å². The third-order valence-electron chi connectivity index (χ3n) is 3.92. The Balaban J connectivity index is 1.99. The van der Waals surface area contributed by atoms with Crippen LogP contribution < -0.4 is 5.32 Å². The highest BCUT2D eigenvalue weighted by atomic mass is 16.1. The van der Waals surface area contributed by atoms with Gasteiger partial charge in [0, 0.05) is 6.42 Å². The van der Waals surface area contributed by atoms with Crippen molar-refractivity contribution in [3.8, 4) is 0 Å². The summed E-state index contributed by atoms with van der Waals surface area (Å²) >= 11 is 0. The van der Waals surface area contributed by atoms with Crippen LogP contribution in [0.25, 0.3) is 10.8 Å². The van der Waals surface area contributed by atoms with Crippen LogP contribution in [-0.4, -0.2) is 5.91 Å². The maximum atomic E-state index is 12.0. The molecule has 0 aromatic heterocycles. The normalized spacial score (nSPS) is 12.3.